The summed E-state index contributed by atoms with van der Waals surface area (Å²) in [5.41, 5.74) is 4.51. The molecule has 1 atom stereocenters. The summed E-state index contributed by atoms with van der Waals surface area (Å²) >= 11 is 8.01. The van der Waals surface area contributed by atoms with Crippen molar-refractivity contribution in [3.8, 4) is 5.69 Å². The minimum absolute atomic E-state index is 0.0551. The number of hydrogen-bond donors (Lipinski definition) is 1. The highest BCUT2D eigenvalue weighted by atomic mass is 35.5. The third-order valence-corrected chi connectivity index (χ3v) is 7.42. The van der Waals surface area contributed by atoms with Gasteiger partial charge in [-0.3, -0.25) is 9.36 Å². The number of nitrogens with one attached hydrogen (secondary N) is 1. The average Bonchev–Trinajstić information content (AvgIpc) is 3.26. The highest BCUT2D eigenvalue weighted by molar-refractivity contribution is 7.98. The molecule has 5 nitrogen and oxygen atoms in total. The molecule has 0 radical (unpaired) electrons. The molecule has 0 fully saturated rings. The number of rotatable bonds is 13. The van der Waals surface area contributed by atoms with Gasteiger partial charge in [-0.25, -0.2) is 0 Å². The molecule has 2 aromatic carbocycles. The number of unbranched alkanes of at least 4 members (excludes halogenated alkanes) is 5. The summed E-state index contributed by atoms with van der Waals surface area (Å²) in [5.74, 6) is 1.54. The first-order valence-electron chi connectivity index (χ1n) is 12.6. The van der Waals surface area contributed by atoms with Crippen LogP contribution in [0.5, 0.6) is 0 Å². The molecule has 1 heterocycles. The first-order valence-corrected chi connectivity index (χ1v) is 14.0. The van der Waals surface area contributed by atoms with E-state index in [4.69, 9.17) is 11.6 Å². The Morgan fingerprint density at radius 2 is 1.77 bits per heavy atom. The van der Waals surface area contributed by atoms with E-state index in [1.165, 1.54) is 36.8 Å². The largest absolute Gasteiger partial charge is 0.346 e. The predicted octanol–water partition coefficient (Wildman–Crippen LogP) is 7.76. The van der Waals surface area contributed by atoms with E-state index in [1.807, 2.05) is 36.6 Å². The van der Waals surface area contributed by atoms with Gasteiger partial charge in [0.2, 0.25) is 5.91 Å². The van der Waals surface area contributed by atoms with Crippen LogP contribution in [0, 0.1) is 13.8 Å². The lowest BCUT2D eigenvalue weighted by molar-refractivity contribution is -0.121. The molecule has 0 spiro atoms. The SMILES string of the molecule is CCCCCCCCC(=O)NC(C)c1nnc(SCc2ccccc2C)n1-c1cc(Cl)ccc1C. The number of carbonyl (C=O) groups is 1. The highest BCUT2D eigenvalue weighted by Crippen LogP contribution is 2.31. The second-order valence-electron chi connectivity index (χ2n) is 9.13. The van der Waals surface area contributed by atoms with Crippen molar-refractivity contribution in [2.24, 2.45) is 0 Å². The minimum Gasteiger partial charge on any atom is -0.346 e. The third-order valence-electron chi connectivity index (χ3n) is 6.21. The van der Waals surface area contributed by atoms with E-state index in [0.29, 0.717) is 17.3 Å². The number of aromatic nitrogens is 3. The molecule has 1 aromatic heterocycles. The van der Waals surface area contributed by atoms with Crippen molar-refractivity contribution < 1.29 is 4.79 Å². The smallest absolute Gasteiger partial charge is 0.220 e. The molecule has 0 bridgehead atoms. The molecule has 0 aliphatic rings. The summed E-state index contributed by atoms with van der Waals surface area (Å²) in [4.78, 5) is 12.6. The van der Waals surface area contributed by atoms with Crippen molar-refractivity contribution >= 4 is 29.3 Å². The van der Waals surface area contributed by atoms with Gasteiger partial charge in [0, 0.05) is 17.2 Å². The Kier molecular flexibility index (Phi) is 10.7. The van der Waals surface area contributed by atoms with Crippen LogP contribution in [-0.2, 0) is 10.5 Å². The number of thioether (sulfide) groups is 1. The molecule has 188 valence electrons. The number of hydrogen-bond acceptors (Lipinski definition) is 4. The fourth-order valence-electron chi connectivity index (χ4n) is 4.06. The van der Waals surface area contributed by atoms with Gasteiger partial charge in [0.05, 0.1) is 11.7 Å². The first-order chi connectivity index (χ1) is 16.9. The normalized spacial score (nSPS) is 12.0. The van der Waals surface area contributed by atoms with Gasteiger partial charge in [-0.15, -0.1) is 10.2 Å². The minimum atomic E-state index is -0.277. The zero-order valence-corrected chi connectivity index (χ0v) is 22.9. The molecule has 0 aliphatic carbocycles. The van der Waals surface area contributed by atoms with E-state index in [-0.39, 0.29) is 11.9 Å². The summed E-state index contributed by atoms with van der Waals surface area (Å²) in [6, 6.07) is 13.9. The number of amides is 1. The fourth-order valence-corrected chi connectivity index (χ4v) is 5.26. The maximum atomic E-state index is 12.6. The maximum Gasteiger partial charge on any atom is 0.220 e. The van der Waals surface area contributed by atoms with Crippen LogP contribution >= 0.6 is 23.4 Å². The number of aryl methyl sites for hydroxylation is 2. The zero-order valence-electron chi connectivity index (χ0n) is 21.3. The van der Waals surface area contributed by atoms with Gasteiger partial charge in [-0.2, -0.15) is 0 Å². The average molecular weight is 513 g/mol. The van der Waals surface area contributed by atoms with Crippen molar-refractivity contribution in [2.75, 3.05) is 0 Å². The lowest BCUT2D eigenvalue weighted by Crippen LogP contribution is -2.28. The standard InChI is InChI=1S/C28H37ClN4OS/c1-5-6-7-8-9-10-15-26(34)30-22(4)27-31-32-28(35-19-23-14-12-11-13-20(23)2)33(27)25-18-24(29)17-16-21(25)3/h11-14,16-18,22H,5-10,15,19H2,1-4H3,(H,30,34). The zero-order chi connectivity index (χ0) is 25.2. The van der Waals surface area contributed by atoms with Crippen molar-refractivity contribution in [3.05, 3.63) is 70.0 Å². The van der Waals surface area contributed by atoms with Crippen molar-refractivity contribution in [1.82, 2.24) is 20.1 Å². The molecule has 1 N–H and O–H groups in total. The summed E-state index contributed by atoms with van der Waals surface area (Å²) in [7, 11) is 0. The maximum absolute atomic E-state index is 12.6. The Morgan fingerprint density at radius 1 is 1.03 bits per heavy atom. The van der Waals surface area contributed by atoms with Crippen LogP contribution in [0.3, 0.4) is 0 Å². The van der Waals surface area contributed by atoms with Crippen LogP contribution in [0.15, 0.2) is 47.6 Å². The van der Waals surface area contributed by atoms with Crippen LogP contribution in [0.2, 0.25) is 5.02 Å². The summed E-state index contributed by atoms with van der Waals surface area (Å²) in [5, 5.41) is 13.6. The van der Waals surface area contributed by atoms with Crippen molar-refractivity contribution in [3.63, 3.8) is 0 Å². The molecule has 0 saturated heterocycles. The van der Waals surface area contributed by atoms with Crippen molar-refractivity contribution in [1.29, 1.82) is 0 Å². The van der Waals surface area contributed by atoms with Crippen molar-refractivity contribution in [2.45, 2.75) is 89.6 Å². The Labute approximate surface area is 219 Å². The Hall–Kier alpha value is -2.31. The predicted molar refractivity (Wildman–Crippen MR) is 146 cm³/mol. The van der Waals surface area contributed by atoms with Gasteiger partial charge in [0.25, 0.3) is 0 Å². The topological polar surface area (TPSA) is 59.8 Å². The van der Waals surface area contributed by atoms with Gasteiger partial charge in [0.1, 0.15) is 0 Å². The number of benzene rings is 2. The molecule has 7 heteroatoms. The van der Waals surface area contributed by atoms with Gasteiger partial charge < -0.3 is 5.32 Å². The van der Waals surface area contributed by atoms with Gasteiger partial charge in [-0.05, 0) is 56.0 Å². The van der Waals surface area contributed by atoms with Crippen LogP contribution in [0.4, 0.5) is 0 Å². The number of nitrogens with zero attached hydrogens (tertiary/aromatic N) is 3. The first kappa shape index (κ1) is 27.3. The van der Waals surface area contributed by atoms with E-state index in [2.05, 4.69) is 53.6 Å². The number of halogens is 1. The van der Waals surface area contributed by atoms with Crippen LogP contribution in [0.1, 0.15) is 87.3 Å². The fraction of sp³-hybridized carbons (Fsp3) is 0.464. The molecule has 1 unspecified atom stereocenters. The quantitative estimate of drug-likeness (QED) is 0.188. The van der Waals surface area contributed by atoms with E-state index >= 15 is 0 Å². The summed E-state index contributed by atoms with van der Waals surface area (Å²) in [6.45, 7) is 8.35. The third kappa shape index (κ3) is 7.84. The molecular weight excluding hydrogens is 476 g/mol. The van der Waals surface area contributed by atoms with Gasteiger partial charge >= 0.3 is 0 Å². The van der Waals surface area contributed by atoms with E-state index < -0.39 is 0 Å². The molecule has 1 amide bonds. The van der Waals surface area contributed by atoms with E-state index in [1.54, 1.807) is 11.8 Å². The lowest BCUT2D eigenvalue weighted by atomic mass is 10.1. The Bertz CT molecular complexity index is 1110. The molecule has 0 aliphatic heterocycles. The van der Waals surface area contributed by atoms with Crippen LogP contribution in [0.25, 0.3) is 5.69 Å². The number of carbonyl (C=O) groups excluding carboxylic acids is 1. The van der Waals surface area contributed by atoms with E-state index in [9.17, 15) is 4.79 Å². The van der Waals surface area contributed by atoms with Crippen LogP contribution < -0.4 is 5.32 Å². The Morgan fingerprint density at radius 3 is 2.54 bits per heavy atom. The highest BCUT2D eigenvalue weighted by Gasteiger charge is 2.22. The van der Waals surface area contributed by atoms with E-state index in [0.717, 1.165) is 35.0 Å². The monoisotopic (exact) mass is 512 g/mol. The molecule has 0 saturated carbocycles. The second-order valence-corrected chi connectivity index (χ2v) is 10.5. The molecule has 35 heavy (non-hydrogen) atoms. The summed E-state index contributed by atoms with van der Waals surface area (Å²) < 4.78 is 2.04. The lowest BCUT2D eigenvalue weighted by Gasteiger charge is -2.18. The summed E-state index contributed by atoms with van der Waals surface area (Å²) in [6.07, 6.45) is 7.50. The van der Waals surface area contributed by atoms with Gasteiger partial charge in [-0.1, -0.05) is 92.7 Å². The van der Waals surface area contributed by atoms with Crippen LogP contribution in [-0.4, -0.2) is 20.7 Å². The molecule has 3 rings (SSSR count). The second kappa shape index (κ2) is 13.7. The van der Waals surface area contributed by atoms with Gasteiger partial charge in [0.15, 0.2) is 11.0 Å². The molecule has 3 aromatic rings. The Balaban J connectivity index is 1.77. The molecular formula is C28H37ClN4OS.